The molecule has 0 aromatic heterocycles. The summed E-state index contributed by atoms with van der Waals surface area (Å²) in [6.45, 7) is 7.57. The van der Waals surface area contributed by atoms with E-state index in [-0.39, 0.29) is 23.5 Å². The van der Waals surface area contributed by atoms with E-state index in [0.717, 1.165) is 37.9 Å². The van der Waals surface area contributed by atoms with E-state index >= 15 is 0 Å². The van der Waals surface area contributed by atoms with Gasteiger partial charge in [0.1, 0.15) is 11.9 Å². The maximum atomic E-state index is 11.6. The van der Waals surface area contributed by atoms with Gasteiger partial charge in [-0.05, 0) is 61.0 Å². The second kappa shape index (κ2) is 6.65. The van der Waals surface area contributed by atoms with Gasteiger partial charge in [0, 0.05) is 25.7 Å². The minimum atomic E-state index is -0.244. The Kier molecular flexibility index (Phi) is 4.56. The van der Waals surface area contributed by atoms with E-state index in [2.05, 4.69) is 32.1 Å². The molecule has 4 heteroatoms. The number of hydrogen-bond donors (Lipinski definition) is 0. The molecule has 6 atom stereocenters. The van der Waals surface area contributed by atoms with Crippen molar-refractivity contribution in [2.45, 2.75) is 65.9 Å². The van der Waals surface area contributed by atoms with Crippen LogP contribution in [0.3, 0.4) is 0 Å². The van der Waals surface area contributed by atoms with Crippen molar-refractivity contribution in [3.05, 3.63) is 35.1 Å². The molecular weight excluding hydrogens is 340 g/mol. The minimum absolute atomic E-state index is 0.0592. The topological polar surface area (TPSA) is 52.6 Å². The number of fused-ring (bicyclic) bond motifs is 4. The second-order valence-electron chi connectivity index (χ2n) is 9.09. The molecule has 0 heterocycles. The molecule has 146 valence electrons. The summed E-state index contributed by atoms with van der Waals surface area (Å²) >= 11 is 0. The van der Waals surface area contributed by atoms with Gasteiger partial charge in [0.05, 0.1) is 0 Å². The summed E-state index contributed by atoms with van der Waals surface area (Å²) in [5, 5.41) is 0. The molecule has 0 aromatic carbocycles. The Bertz CT molecular complexity index is 758. The van der Waals surface area contributed by atoms with Gasteiger partial charge in [-0.1, -0.05) is 31.6 Å². The number of esters is 2. The van der Waals surface area contributed by atoms with Gasteiger partial charge < -0.3 is 9.47 Å². The molecule has 0 aromatic rings. The molecule has 27 heavy (non-hydrogen) atoms. The third-order valence-electron chi connectivity index (χ3n) is 7.41. The zero-order chi connectivity index (χ0) is 19.3. The number of rotatable bonds is 2. The highest BCUT2D eigenvalue weighted by Crippen LogP contribution is 2.60. The predicted octanol–water partition coefficient (Wildman–Crippen LogP) is 4.71. The van der Waals surface area contributed by atoms with Crippen LogP contribution < -0.4 is 0 Å². The standard InChI is InChI=1S/C23H30O4/c1-13-11-17(26-14(2)24)12-16-5-6-18-19(22(13)16)9-10-23(4)20(18)7-8-21(23)27-15(3)25/h5-6,12-13,18-21H,7-11H2,1-4H3/t13?,18?,19?,20?,21-,23-/m0/s1. The molecule has 0 N–H and O–H groups in total. The van der Waals surface area contributed by atoms with Crippen molar-refractivity contribution in [3.8, 4) is 0 Å². The molecule has 4 unspecified atom stereocenters. The number of carbonyl (C=O) groups excluding carboxylic acids is 2. The number of ether oxygens (including phenoxy) is 2. The second-order valence-corrected chi connectivity index (χ2v) is 9.09. The fraction of sp³-hybridized carbons (Fsp3) is 0.652. The summed E-state index contributed by atoms with van der Waals surface area (Å²) in [5.74, 6) is 2.43. The van der Waals surface area contributed by atoms with Crippen LogP contribution in [0.1, 0.15) is 59.8 Å². The Hall–Kier alpha value is -1.84. The minimum Gasteiger partial charge on any atom is -0.462 e. The van der Waals surface area contributed by atoms with Crippen molar-refractivity contribution >= 4 is 11.9 Å². The summed E-state index contributed by atoms with van der Waals surface area (Å²) in [4.78, 5) is 22.9. The normalized spacial score (nSPS) is 39.9. The smallest absolute Gasteiger partial charge is 0.307 e. The van der Waals surface area contributed by atoms with E-state index in [1.165, 1.54) is 25.0 Å². The van der Waals surface area contributed by atoms with E-state index in [0.29, 0.717) is 23.7 Å². The van der Waals surface area contributed by atoms with Crippen molar-refractivity contribution in [2.24, 2.45) is 29.1 Å². The molecule has 0 radical (unpaired) electrons. The fourth-order valence-corrected chi connectivity index (χ4v) is 6.38. The molecule has 0 aliphatic heterocycles. The largest absolute Gasteiger partial charge is 0.462 e. The van der Waals surface area contributed by atoms with Gasteiger partial charge in [0.25, 0.3) is 0 Å². The van der Waals surface area contributed by atoms with E-state index in [4.69, 9.17) is 9.47 Å². The molecule has 4 rings (SSSR count). The van der Waals surface area contributed by atoms with E-state index in [1.54, 1.807) is 0 Å². The maximum Gasteiger partial charge on any atom is 0.307 e. The van der Waals surface area contributed by atoms with Crippen molar-refractivity contribution in [1.82, 2.24) is 0 Å². The van der Waals surface area contributed by atoms with Crippen LogP contribution in [0.2, 0.25) is 0 Å². The van der Waals surface area contributed by atoms with Gasteiger partial charge in [-0.3, -0.25) is 9.59 Å². The van der Waals surface area contributed by atoms with Crippen LogP contribution >= 0.6 is 0 Å². The molecule has 4 aliphatic rings. The van der Waals surface area contributed by atoms with Crippen molar-refractivity contribution < 1.29 is 19.1 Å². The molecule has 2 fully saturated rings. The SMILES string of the molecule is CC(=O)OC1=CC2=C(C(C)C1)C1CC[C@@]3(C)C(CC[C@@H]3OC(C)=O)C1C=C2. The Morgan fingerprint density at radius 2 is 1.93 bits per heavy atom. The molecular formula is C23H30O4. The lowest BCUT2D eigenvalue weighted by Crippen LogP contribution is -2.45. The lowest BCUT2D eigenvalue weighted by atomic mass is 9.55. The summed E-state index contributed by atoms with van der Waals surface area (Å²) in [6, 6.07) is 0. The number of allylic oxidation sites excluding steroid dienone is 6. The van der Waals surface area contributed by atoms with Crippen LogP contribution in [0.4, 0.5) is 0 Å². The average molecular weight is 370 g/mol. The number of hydrogen-bond acceptors (Lipinski definition) is 4. The Morgan fingerprint density at radius 3 is 2.63 bits per heavy atom. The zero-order valence-electron chi connectivity index (χ0n) is 16.8. The summed E-state index contributed by atoms with van der Waals surface area (Å²) in [7, 11) is 0. The highest BCUT2D eigenvalue weighted by molar-refractivity contribution is 5.68. The quantitative estimate of drug-likeness (QED) is 0.660. The van der Waals surface area contributed by atoms with Crippen LogP contribution in [0, 0.1) is 29.1 Å². The highest BCUT2D eigenvalue weighted by atomic mass is 16.5. The average Bonchev–Trinajstić information content (AvgIpc) is 2.90. The molecule has 0 saturated heterocycles. The van der Waals surface area contributed by atoms with Crippen LogP contribution in [-0.2, 0) is 19.1 Å². The predicted molar refractivity (Wildman–Crippen MR) is 102 cm³/mol. The number of carbonyl (C=O) groups is 2. The first-order chi connectivity index (χ1) is 12.8. The van der Waals surface area contributed by atoms with Gasteiger partial charge >= 0.3 is 11.9 Å². The van der Waals surface area contributed by atoms with E-state index < -0.39 is 0 Å². The molecule has 2 saturated carbocycles. The lowest BCUT2D eigenvalue weighted by molar-refractivity contribution is -0.154. The van der Waals surface area contributed by atoms with Crippen LogP contribution in [0.25, 0.3) is 0 Å². The molecule has 4 nitrogen and oxygen atoms in total. The van der Waals surface area contributed by atoms with Crippen molar-refractivity contribution in [1.29, 1.82) is 0 Å². The van der Waals surface area contributed by atoms with Crippen molar-refractivity contribution in [3.63, 3.8) is 0 Å². The molecule has 4 aliphatic carbocycles. The van der Waals surface area contributed by atoms with Crippen LogP contribution in [0.5, 0.6) is 0 Å². The lowest BCUT2D eigenvalue weighted by Gasteiger charge is -2.50. The summed E-state index contributed by atoms with van der Waals surface area (Å²) in [6.07, 6.45) is 11.9. The van der Waals surface area contributed by atoms with E-state index in [9.17, 15) is 9.59 Å². The monoisotopic (exact) mass is 370 g/mol. The first kappa shape index (κ1) is 18.5. The fourth-order valence-electron chi connectivity index (χ4n) is 6.38. The molecule has 0 spiro atoms. The van der Waals surface area contributed by atoms with E-state index in [1.807, 2.05) is 0 Å². The summed E-state index contributed by atoms with van der Waals surface area (Å²) < 4.78 is 11.1. The Labute approximate surface area is 161 Å². The first-order valence-corrected chi connectivity index (χ1v) is 10.3. The van der Waals surface area contributed by atoms with Gasteiger partial charge in [-0.25, -0.2) is 0 Å². The summed E-state index contributed by atoms with van der Waals surface area (Å²) in [5.41, 5.74) is 2.87. The van der Waals surface area contributed by atoms with Crippen LogP contribution in [-0.4, -0.2) is 18.0 Å². The van der Waals surface area contributed by atoms with Gasteiger partial charge in [0.15, 0.2) is 0 Å². The highest BCUT2D eigenvalue weighted by Gasteiger charge is 2.56. The zero-order valence-corrected chi connectivity index (χ0v) is 16.8. The molecule has 0 bridgehead atoms. The van der Waals surface area contributed by atoms with Gasteiger partial charge in [0.2, 0.25) is 0 Å². The third-order valence-corrected chi connectivity index (χ3v) is 7.41. The molecule has 0 amide bonds. The first-order valence-electron chi connectivity index (χ1n) is 10.3. The van der Waals surface area contributed by atoms with Gasteiger partial charge in [-0.2, -0.15) is 0 Å². The third kappa shape index (κ3) is 3.07. The van der Waals surface area contributed by atoms with Crippen molar-refractivity contribution in [2.75, 3.05) is 0 Å². The van der Waals surface area contributed by atoms with Gasteiger partial charge in [-0.15, -0.1) is 0 Å². The Balaban J connectivity index is 1.61. The maximum absolute atomic E-state index is 11.6. The van der Waals surface area contributed by atoms with Crippen LogP contribution in [0.15, 0.2) is 35.1 Å². The Morgan fingerprint density at radius 1 is 1.15 bits per heavy atom.